The van der Waals surface area contributed by atoms with Gasteiger partial charge in [-0.3, -0.25) is 0 Å². The fourth-order valence-electron chi connectivity index (χ4n) is 0.859. The Hall–Kier alpha value is -0.120. The summed E-state index contributed by atoms with van der Waals surface area (Å²) < 4.78 is 1.23. The number of nitrogens with one attached hydrogen (secondary N) is 1. The summed E-state index contributed by atoms with van der Waals surface area (Å²) >= 11 is 5.26. The van der Waals surface area contributed by atoms with Crippen LogP contribution in [0.2, 0.25) is 0 Å². The van der Waals surface area contributed by atoms with E-state index >= 15 is 0 Å². The number of thiophene rings is 1. The van der Waals surface area contributed by atoms with Crippen LogP contribution >= 0.6 is 27.3 Å². The van der Waals surface area contributed by atoms with Crippen molar-refractivity contribution >= 4 is 33.3 Å². The SMILES string of the molecule is CNCC=Cc1cc(C)c(Br)s1. The quantitative estimate of drug-likeness (QED) is 0.864. The van der Waals surface area contributed by atoms with Crippen molar-refractivity contribution in [3.8, 4) is 0 Å². The largest absolute Gasteiger partial charge is 0.316 e. The van der Waals surface area contributed by atoms with Gasteiger partial charge in [0.1, 0.15) is 0 Å². The highest BCUT2D eigenvalue weighted by Crippen LogP contribution is 2.27. The Balaban J connectivity index is 2.64. The number of halogens is 1. The van der Waals surface area contributed by atoms with Crippen molar-refractivity contribution in [3.63, 3.8) is 0 Å². The van der Waals surface area contributed by atoms with E-state index in [-0.39, 0.29) is 0 Å². The molecule has 0 saturated carbocycles. The van der Waals surface area contributed by atoms with Gasteiger partial charge >= 0.3 is 0 Å². The summed E-state index contributed by atoms with van der Waals surface area (Å²) in [5, 5.41) is 3.07. The zero-order valence-electron chi connectivity index (χ0n) is 7.23. The molecule has 0 atom stereocenters. The lowest BCUT2D eigenvalue weighted by Crippen LogP contribution is -2.03. The van der Waals surface area contributed by atoms with Crippen LogP contribution in [0.1, 0.15) is 10.4 Å². The highest BCUT2D eigenvalue weighted by Gasteiger charge is 1.98. The molecule has 1 nitrogen and oxygen atoms in total. The molecule has 1 N–H and O–H groups in total. The van der Waals surface area contributed by atoms with Crippen LogP contribution in [0.25, 0.3) is 6.08 Å². The summed E-state index contributed by atoms with van der Waals surface area (Å²) in [6, 6.07) is 2.18. The van der Waals surface area contributed by atoms with Gasteiger partial charge in [0.05, 0.1) is 3.79 Å². The summed E-state index contributed by atoms with van der Waals surface area (Å²) in [4.78, 5) is 1.30. The second-order valence-corrected chi connectivity index (χ2v) is 4.97. The molecule has 0 amide bonds. The van der Waals surface area contributed by atoms with E-state index in [0.29, 0.717) is 0 Å². The Labute approximate surface area is 85.6 Å². The third-order valence-corrected chi connectivity index (χ3v) is 3.58. The summed E-state index contributed by atoms with van der Waals surface area (Å²) in [6.07, 6.45) is 4.26. The van der Waals surface area contributed by atoms with Crippen molar-refractivity contribution < 1.29 is 0 Å². The summed E-state index contributed by atoms with van der Waals surface area (Å²) in [7, 11) is 1.94. The monoisotopic (exact) mass is 245 g/mol. The van der Waals surface area contributed by atoms with Gasteiger partial charge in [-0.05, 0) is 47.6 Å². The first kappa shape index (κ1) is 9.96. The molecule has 0 fully saturated rings. The Morgan fingerprint density at radius 2 is 2.42 bits per heavy atom. The van der Waals surface area contributed by atoms with Crippen molar-refractivity contribution in [2.24, 2.45) is 0 Å². The molecular weight excluding hydrogens is 234 g/mol. The molecule has 1 aromatic rings. The van der Waals surface area contributed by atoms with Gasteiger partial charge in [-0.2, -0.15) is 0 Å². The van der Waals surface area contributed by atoms with Gasteiger partial charge < -0.3 is 5.32 Å². The number of hydrogen-bond acceptors (Lipinski definition) is 2. The van der Waals surface area contributed by atoms with E-state index in [1.54, 1.807) is 11.3 Å². The topological polar surface area (TPSA) is 12.0 Å². The molecule has 0 aliphatic heterocycles. The molecule has 0 aliphatic rings. The predicted molar refractivity (Wildman–Crippen MR) is 59.7 cm³/mol. The highest BCUT2D eigenvalue weighted by atomic mass is 79.9. The minimum absolute atomic E-state index is 0.925. The molecule has 1 aromatic heterocycles. The second kappa shape index (κ2) is 4.80. The first-order chi connectivity index (χ1) is 5.74. The Morgan fingerprint density at radius 3 is 2.92 bits per heavy atom. The van der Waals surface area contributed by atoms with Crippen LogP contribution in [0.3, 0.4) is 0 Å². The van der Waals surface area contributed by atoms with Crippen LogP contribution in [0.5, 0.6) is 0 Å². The Kier molecular flexibility index (Phi) is 3.98. The second-order valence-electron chi connectivity index (χ2n) is 2.57. The smallest absolute Gasteiger partial charge is 0.0733 e. The van der Waals surface area contributed by atoms with Gasteiger partial charge in [-0.1, -0.05) is 6.08 Å². The number of likely N-dealkylation sites (N-methyl/N-ethyl adjacent to an activating group) is 1. The molecule has 66 valence electrons. The molecule has 0 unspecified atom stereocenters. The molecule has 0 saturated heterocycles. The fourth-order valence-corrected chi connectivity index (χ4v) is 2.36. The van der Waals surface area contributed by atoms with Crippen molar-refractivity contribution in [2.75, 3.05) is 13.6 Å². The molecular formula is C9H12BrNS. The first-order valence-corrected chi connectivity index (χ1v) is 5.42. The average molecular weight is 246 g/mol. The third-order valence-electron chi connectivity index (χ3n) is 1.48. The number of hydrogen-bond donors (Lipinski definition) is 1. The maximum absolute atomic E-state index is 3.49. The van der Waals surface area contributed by atoms with Crippen molar-refractivity contribution in [2.45, 2.75) is 6.92 Å². The van der Waals surface area contributed by atoms with E-state index in [9.17, 15) is 0 Å². The van der Waals surface area contributed by atoms with Crippen molar-refractivity contribution in [1.82, 2.24) is 5.32 Å². The zero-order chi connectivity index (χ0) is 8.97. The van der Waals surface area contributed by atoms with Gasteiger partial charge in [-0.15, -0.1) is 11.3 Å². The Morgan fingerprint density at radius 1 is 1.67 bits per heavy atom. The van der Waals surface area contributed by atoms with Gasteiger partial charge in [0.25, 0.3) is 0 Å². The van der Waals surface area contributed by atoms with Crippen LogP contribution in [0, 0.1) is 6.92 Å². The lowest BCUT2D eigenvalue weighted by Gasteiger charge is -1.86. The predicted octanol–water partition coefficient (Wildman–Crippen LogP) is 3.05. The minimum Gasteiger partial charge on any atom is -0.316 e. The van der Waals surface area contributed by atoms with Gasteiger partial charge in [0, 0.05) is 11.4 Å². The van der Waals surface area contributed by atoms with Crippen LogP contribution in [-0.2, 0) is 0 Å². The molecule has 3 heteroatoms. The molecule has 0 bridgehead atoms. The number of aryl methyl sites for hydroxylation is 1. The van der Waals surface area contributed by atoms with Crippen molar-refractivity contribution in [1.29, 1.82) is 0 Å². The first-order valence-electron chi connectivity index (χ1n) is 3.81. The van der Waals surface area contributed by atoms with Crippen molar-refractivity contribution in [3.05, 3.63) is 26.4 Å². The summed E-state index contributed by atoms with van der Waals surface area (Å²) in [5.74, 6) is 0. The van der Waals surface area contributed by atoms with Gasteiger partial charge in [0.15, 0.2) is 0 Å². The molecule has 0 aromatic carbocycles. The zero-order valence-corrected chi connectivity index (χ0v) is 9.63. The van der Waals surface area contributed by atoms with Crippen LogP contribution in [0.15, 0.2) is 15.9 Å². The fraction of sp³-hybridized carbons (Fsp3) is 0.333. The molecule has 1 heterocycles. The summed E-state index contributed by atoms with van der Waals surface area (Å²) in [5.41, 5.74) is 1.31. The maximum Gasteiger partial charge on any atom is 0.0733 e. The van der Waals surface area contributed by atoms with E-state index < -0.39 is 0 Å². The lowest BCUT2D eigenvalue weighted by molar-refractivity contribution is 0.922. The molecule has 0 aliphatic carbocycles. The van der Waals surface area contributed by atoms with E-state index in [0.717, 1.165) is 6.54 Å². The standard InChI is InChI=1S/C9H12BrNS/c1-7-6-8(12-9(7)10)4-3-5-11-2/h3-4,6,11H,5H2,1-2H3. The van der Waals surface area contributed by atoms with Gasteiger partial charge in [-0.25, -0.2) is 0 Å². The van der Waals surface area contributed by atoms with Crippen LogP contribution < -0.4 is 5.32 Å². The normalized spacial score (nSPS) is 11.2. The minimum atomic E-state index is 0.925. The van der Waals surface area contributed by atoms with Gasteiger partial charge in [0.2, 0.25) is 0 Å². The van der Waals surface area contributed by atoms with Crippen LogP contribution in [0.4, 0.5) is 0 Å². The van der Waals surface area contributed by atoms with E-state index in [1.165, 1.54) is 14.2 Å². The Bertz CT molecular complexity index is 259. The van der Waals surface area contributed by atoms with E-state index in [4.69, 9.17) is 0 Å². The summed E-state index contributed by atoms with van der Waals surface area (Å²) in [6.45, 7) is 3.03. The van der Waals surface area contributed by atoms with E-state index in [1.807, 2.05) is 7.05 Å². The third kappa shape index (κ3) is 2.73. The molecule has 0 spiro atoms. The molecule has 12 heavy (non-hydrogen) atoms. The van der Waals surface area contributed by atoms with Crippen LogP contribution in [-0.4, -0.2) is 13.6 Å². The van der Waals surface area contributed by atoms with E-state index in [2.05, 4.69) is 46.4 Å². The highest BCUT2D eigenvalue weighted by molar-refractivity contribution is 9.11. The lowest BCUT2D eigenvalue weighted by atomic mass is 10.3. The molecule has 1 rings (SSSR count). The maximum atomic E-state index is 3.49. The average Bonchev–Trinajstić information content (AvgIpc) is 2.32. The number of rotatable bonds is 3. The molecule has 0 radical (unpaired) electrons.